The van der Waals surface area contributed by atoms with Crippen molar-refractivity contribution in [1.29, 1.82) is 5.26 Å². The Hall–Kier alpha value is -1.56. The maximum Gasteiger partial charge on any atom is 0.128 e. The van der Waals surface area contributed by atoms with Crippen molar-refractivity contribution in [2.45, 2.75) is 6.92 Å². The smallest absolute Gasteiger partial charge is 0.128 e. The number of rotatable bonds is 1. The van der Waals surface area contributed by atoms with E-state index in [1.165, 1.54) is 5.56 Å². The number of nitriles is 1. The van der Waals surface area contributed by atoms with Crippen LogP contribution >= 0.6 is 0 Å². The molecule has 3 atom stereocenters. The molecule has 2 aliphatic rings. The predicted octanol–water partition coefficient (Wildman–Crippen LogP) is 1.60. The Balaban J connectivity index is 1.73. The van der Waals surface area contributed by atoms with Gasteiger partial charge < -0.3 is 4.90 Å². The number of aryl methyl sites for hydroxylation is 1. The highest BCUT2D eigenvalue weighted by molar-refractivity contribution is 5.43. The molecule has 2 heterocycles. The fourth-order valence-corrected chi connectivity index (χ4v) is 2.55. The summed E-state index contributed by atoms with van der Waals surface area (Å²) < 4.78 is 0. The molecule has 1 aromatic heterocycles. The third kappa shape index (κ3) is 1.29. The zero-order chi connectivity index (χ0) is 10.4. The molecular weight excluding hydrogens is 186 g/mol. The van der Waals surface area contributed by atoms with Crippen LogP contribution in [-0.2, 0) is 0 Å². The van der Waals surface area contributed by atoms with Crippen LogP contribution in [0.25, 0.3) is 0 Å². The number of anilines is 1. The van der Waals surface area contributed by atoms with Crippen molar-refractivity contribution in [2.24, 2.45) is 17.8 Å². The summed E-state index contributed by atoms with van der Waals surface area (Å²) in [4.78, 5) is 6.70. The van der Waals surface area contributed by atoms with E-state index >= 15 is 0 Å². The number of nitrogens with zero attached hydrogens (tertiary/aromatic N) is 3. The van der Waals surface area contributed by atoms with Gasteiger partial charge >= 0.3 is 0 Å². The van der Waals surface area contributed by atoms with Gasteiger partial charge in [0.25, 0.3) is 0 Å². The lowest BCUT2D eigenvalue weighted by Crippen LogP contribution is -2.24. The SMILES string of the molecule is Cc1ccc(N2C[C@@H]3[C@H](C#N)[C@@H]3C2)nc1. The van der Waals surface area contributed by atoms with Crippen molar-refractivity contribution in [3.63, 3.8) is 0 Å². The number of pyridine rings is 1. The summed E-state index contributed by atoms with van der Waals surface area (Å²) in [5, 5.41) is 8.82. The largest absolute Gasteiger partial charge is 0.356 e. The highest BCUT2D eigenvalue weighted by Gasteiger charge is 2.56. The van der Waals surface area contributed by atoms with Gasteiger partial charge in [0.05, 0.1) is 12.0 Å². The number of hydrogen-bond acceptors (Lipinski definition) is 3. The van der Waals surface area contributed by atoms with E-state index < -0.39 is 0 Å². The highest BCUT2D eigenvalue weighted by Crippen LogP contribution is 2.51. The molecular formula is C12H13N3. The van der Waals surface area contributed by atoms with E-state index in [9.17, 15) is 0 Å². The van der Waals surface area contributed by atoms with Gasteiger partial charge in [0.15, 0.2) is 0 Å². The van der Waals surface area contributed by atoms with E-state index in [2.05, 4.69) is 28.1 Å². The lowest BCUT2D eigenvalue weighted by atomic mass is 10.2. The summed E-state index contributed by atoms with van der Waals surface area (Å²) in [6.07, 6.45) is 1.90. The molecule has 3 heteroatoms. The molecule has 1 aromatic rings. The lowest BCUT2D eigenvalue weighted by Gasteiger charge is -2.19. The highest BCUT2D eigenvalue weighted by atomic mass is 15.2. The number of hydrogen-bond donors (Lipinski definition) is 0. The minimum absolute atomic E-state index is 0.326. The molecule has 3 nitrogen and oxygen atoms in total. The summed E-state index contributed by atoms with van der Waals surface area (Å²) in [6.45, 7) is 4.07. The van der Waals surface area contributed by atoms with Crippen LogP contribution in [0.1, 0.15) is 5.56 Å². The number of fused-ring (bicyclic) bond motifs is 1. The van der Waals surface area contributed by atoms with Crippen LogP contribution in [0.15, 0.2) is 18.3 Å². The minimum Gasteiger partial charge on any atom is -0.356 e. The summed E-state index contributed by atoms with van der Waals surface area (Å²) in [5.74, 6) is 2.60. The number of aromatic nitrogens is 1. The Bertz CT molecular complexity index is 405. The van der Waals surface area contributed by atoms with Gasteiger partial charge in [-0.05, 0) is 30.4 Å². The summed E-state index contributed by atoms with van der Waals surface area (Å²) in [5.41, 5.74) is 1.19. The van der Waals surface area contributed by atoms with Crippen LogP contribution < -0.4 is 4.90 Å². The Labute approximate surface area is 89.3 Å². The Morgan fingerprint density at radius 3 is 2.67 bits per heavy atom. The van der Waals surface area contributed by atoms with Crippen molar-refractivity contribution >= 4 is 5.82 Å². The third-order valence-electron chi connectivity index (χ3n) is 3.56. The van der Waals surface area contributed by atoms with E-state index in [0.717, 1.165) is 18.9 Å². The summed E-state index contributed by atoms with van der Waals surface area (Å²) in [6, 6.07) is 6.54. The van der Waals surface area contributed by atoms with Gasteiger partial charge in [-0.1, -0.05) is 6.07 Å². The maximum absolute atomic E-state index is 8.82. The summed E-state index contributed by atoms with van der Waals surface area (Å²) in [7, 11) is 0. The van der Waals surface area contributed by atoms with Crippen LogP contribution in [0.4, 0.5) is 5.82 Å². The van der Waals surface area contributed by atoms with E-state index in [0.29, 0.717) is 17.8 Å². The van der Waals surface area contributed by atoms with Gasteiger partial charge in [0.1, 0.15) is 5.82 Å². The Kier molecular flexibility index (Phi) is 1.72. The van der Waals surface area contributed by atoms with Gasteiger partial charge in [-0.2, -0.15) is 5.26 Å². The van der Waals surface area contributed by atoms with E-state index in [4.69, 9.17) is 5.26 Å². The molecule has 1 aliphatic carbocycles. The van der Waals surface area contributed by atoms with Gasteiger partial charge in [-0.25, -0.2) is 4.98 Å². The Morgan fingerprint density at radius 2 is 2.13 bits per heavy atom. The molecule has 0 amide bonds. The molecule has 0 N–H and O–H groups in total. The van der Waals surface area contributed by atoms with Crippen LogP contribution in [-0.4, -0.2) is 18.1 Å². The molecule has 0 spiro atoms. The molecule has 0 aromatic carbocycles. The van der Waals surface area contributed by atoms with Crippen LogP contribution in [0, 0.1) is 36.0 Å². The van der Waals surface area contributed by atoms with Crippen molar-refractivity contribution in [1.82, 2.24) is 4.98 Å². The van der Waals surface area contributed by atoms with Gasteiger partial charge in [-0.3, -0.25) is 0 Å². The first-order valence-corrected chi connectivity index (χ1v) is 5.37. The third-order valence-corrected chi connectivity index (χ3v) is 3.56. The average Bonchev–Trinajstić information content (AvgIpc) is 2.72. The predicted molar refractivity (Wildman–Crippen MR) is 57.3 cm³/mol. The van der Waals surface area contributed by atoms with E-state index in [1.54, 1.807) is 0 Å². The normalized spacial score (nSPS) is 32.3. The Morgan fingerprint density at radius 1 is 1.40 bits per heavy atom. The van der Waals surface area contributed by atoms with E-state index in [-0.39, 0.29) is 0 Å². The van der Waals surface area contributed by atoms with Crippen LogP contribution in [0.3, 0.4) is 0 Å². The van der Waals surface area contributed by atoms with Crippen LogP contribution in [0.2, 0.25) is 0 Å². The zero-order valence-corrected chi connectivity index (χ0v) is 8.72. The molecule has 0 radical (unpaired) electrons. The first kappa shape index (κ1) is 8.72. The molecule has 3 rings (SSSR count). The monoisotopic (exact) mass is 199 g/mol. The maximum atomic E-state index is 8.82. The van der Waals surface area contributed by atoms with Crippen molar-refractivity contribution in [3.05, 3.63) is 23.9 Å². The number of piperidine rings is 1. The minimum atomic E-state index is 0.326. The quantitative estimate of drug-likeness (QED) is 0.689. The molecule has 76 valence electrons. The lowest BCUT2D eigenvalue weighted by molar-refractivity contribution is 0.735. The fraction of sp³-hybridized carbons (Fsp3) is 0.500. The van der Waals surface area contributed by atoms with Crippen molar-refractivity contribution in [2.75, 3.05) is 18.0 Å². The van der Waals surface area contributed by atoms with E-state index in [1.807, 2.05) is 13.1 Å². The molecule has 0 unspecified atom stereocenters. The standard InChI is InChI=1S/C12H13N3/c1-8-2-3-12(14-5-8)15-6-10-9(4-13)11(10)7-15/h2-3,5,9-11H,6-7H2,1H3/t9-,10+,11-. The van der Waals surface area contributed by atoms with Gasteiger partial charge in [0, 0.05) is 19.3 Å². The second-order valence-corrected chi connectivity index (χ2v) is 4.58. The average molecular weight is 199 g/mol. The van der Waals surface area contributed by atoms with Crippen LogP contribution in [0.5, 0.6) is 0 Å². The zero-order valence-electron chi connectivity index (χ0n) is 8.72. The molecule has 2 fully saturated rings. The molecule has 1 aliphatic heterocycles. The molecule has 15 heavy (non-hydrogen) atoms. The first-order chi connectivity index (χ1) is 7.29. The second-order valence-electron chi connectivity index (χ2n) is 4.58. The van der Waals surface area contributed by atoms with Gasteiger partial charge in [-0.15, -0.1) is 0 Å². The van der Waals surface area contributed by atoms with Gasteiger partial charge in [0.2, 0.25) is 0 Å². The first-order valence-electron chi connectivity index (χ1n) is 5.37. The summed E-state index contributed by atoms with van der Waals surface area (Å²) >= 11 is 0. The second kappa shape index (κ2) is 2.96. The van der Waals surface area contributed by atoms with Crippen molar-refractivity contribution in [3.8, 4) is 6.07 Å². The van der Waals surface area contributed by atoms with Crippen molar-refractivity contribution < 1.29 is 0 Å². The molecule has 1 saturated heterocycles. The molecule has 0 bridgehead atoms. The topological polar surface area (TPSA) is 39.9 Å². The molecule has 1 saturated carbocycles. The fourth-order valence-electron chi connectivity index (χ4n) is 2.55.